The zero-order chi connectivity index (χ0) is 20.1. The molecule has 0 saturated carbocycles. The Morgan fingerprint density at radius 3 is 2.62 bits per heavy atom. The van der Waals surface area contributed by atoms with E-state index in [4.69, 9.17) is 0 Å². The Morgan fingerprint density at radius 1 is 1.03 bits per heavy atom. The van der Waals surface area contributed by atoms with Gasteiger partial charge >= 0.3 is 0 Å². The summed E-state index contributed by atoms with van der Waals surface area (Å²) >= 11 is 0. The number of para-hydroxylation sites is 4. The molecule has 3 aromatic rings. The van der Waals surface area contributed by atoms with Crippen molar-refractivity contribution >= 4 is 40.2 Å². The number of carbonyl (C=O) groups is 2. The molecule has 1 aromatic heterocycles. The molecule has 0 spiro atoms. The van der Waals surface area contributed by atoms with E-state index >= 15 is 0 Å². The van der Waals surface area contributed by atoms with Crippen molar-refractivity contribution in [2.24, 2.45) is 0 Å². The molecule has 2 aliphatic rings. The van der Waals surface area contributed by atoms with Crippen molar-refractivity contribution in [2.45, 2.75) is 25.4 Å². The van der Waals surface area contributed by atoms with Crippen molar-refractivity contribution in [2.75, 3.05) is 16.3 Å². The SMILES string of the molecule is O=C1CC(N2CCCn3c2nc2ccccc23)C(=O)N1c1ccccc1[N+](=O)[O-]. The van der Waals surface area contributed by atoms with Gasteiger partial charge in [0.05, 0.1) is 22.4 Å². The standard InChI is InChI=1S/C20H17N5O4/c26-18-12-17(19(27)24(18)15-8-3-4-9-16(15)25(28)29)23-11-5-10-22-14-7-2-1-6-13(14)21-20(22)23/h1-4,6-9,17H,5,10-12H2. The molecule has 1 fully saturated rings. The van der Waals surface area contributed by atoms with Gasteiger partial charge in [0.2, 0.25) is 11.9 Å². The first-order chi connectivity index (χ1) is 14.1. The average molecular weight is 391 g/mol. The van der Waals surface area contributed by atoms with Gasteiger partial charge in [0.1, 0.15) is 11.7 Å². The van der Waals surface area contributed by atoms with E-state index in [2.05, 4.69) is 9.55 Å². The van der Waals surface area contributed by atoms with Crippen molar-refractivity contribution < 1.29 is 14.5 Å². The number of imide groups is 1. The van der Waals surface area contributed by atoms with Crippen LogP contribution in [-0.4, -0.2) is 38.9 Å². The van der Waals surface area contributed by atoms with Gasteiger partial charge in [-0.2, -0.15) is 0 Å². The fraction of sp³-hybridized carbons (Fsp3) is 0.250. The molecule has 5 rings (SSSR count). The number of imidazole rings is 1. The molecule has 1 atom stereocenters. The lowest BCUT2D eigenvalue weighted by Crippen LogP contribution is -2.46. The Morgan fingerprint density at radius 2 is 1.79 bits per heavy atom. The minimum Gasteiger partial charge on any atom is -0.330 e. The van der Waals surface area contributed by atoms with Gasteiger partial charge in [0.15, 0.2) is 0 Å². The molecule has 146 valence electrons. The molecule has 29 heavy (non-hydrogen) atoms. The second-order valence-electron chi connectivity index (χ2n) is 7.13. The first-order valence-corrected chi connectivity index (χ1v) is 9.38. The molecule has 0 aliphatic carbocycles. The molecular formula is C20H17N5O4. The molecule has 1 saturated heterocycles. The van der Waals surface area contributed by atoms with Crippen LogP contribution in [0.25, 0.3) is 11.0 Å². The fourth-order valence-electron chi connectivity index (χ4n) is 4.22. The maximum absolute atomic E-state index is 13.2. The van der Waals surface area contributed by atoms with Crippen LogP contribution in [0, 0.1) is 10.1 Å². The maximum atomic E-state index is 13.2. The van der Waals surface area contributed by atoms with Gasteiger partial charge in [-0.15, -0.1) is 0 Å². The van der Waals surface area contributed by atoms with Gasteiger partial charge in [-0.3, -0.25) is 19.7 Å². The van der Waals surface area contributed by atoms with Crippen LogP contribution >= 0.6 is 0 Å². The van der Waals surface area contributed by atoms with E-state index in [1.54, 1.807) is 6.07 Å². The zero-order valence-corrected chi connectivity index (χ0v) is 15.4. The molecule has 2 aromatic carbocycles. The van der Waals surface area contributed by atoms with E-state index in [1.165, 1.54) is 18.2 Å². The van der Waals surface area contributed by atoms with Crippen molar-refractivity contribution in [3.63, 3.8) is 0 Å². The number of amides is 2. The Bertz CT molecular complexity index is 1170. The van der Waals surface area contributed by atoms with Crippen LogP contribution in [0.3, 0.4) is 0 Å². The summed E-state index contributed by atoms with van der Waals surface area (Å²) in [5, 5.41) is 11.4. The number of aromatic nitrogens is 2. The summed E-state index contributed by atoms with van der Waals surface area (Å²) in [5.41, 5.74) is 1.57. The van der Waals surface area contributed by atoms with Crippen molar-refractivity contribution in [1.82, 2.24) is 9.55 Å². The number of nitro benzene ring substituents is 1. The lowest BCUT2D eigenvalue weighted by molar-refractivity contribution is -0.384. The molecule has 9 nitrogen and oxygen atoms in total. The number of rotatable bonds is 3. The highest BCUT2D eigenvalue weighted by Gasteiger charge is 2.46. The summed E-state index contributed by atoms with van der Waals surface area (Å²) in [6.07, 6.45) is 0.783. The number of hydrogen-bond donors (Lipinski definition) is 0. The van der Waals surface area contributed by atoms with Crippen LogP contribution in [0.5, 0.6) is 0 Å². The van der Waals surface area contributed by atoms with E-state index in [0.29, 0.717) is 12.5 Å². The number of nitro groups is 1. The van der Waals surface area contributed by atoms with E-state index < -0.39 is 22.8 Å². The second-order valence-corrected chi connectivity index (χ2v) is 7.13. The van der Waals surface area contributed by atoms with Crippen LogP contribution in [-0.2, 0) is 16.1 Å². The minimum atomic E-state index is -0.724. The van der Waals surface area contributed by atoms with E-state index in [9.17, 15) is 19.7 Å². The Labute approximate surface area is 165 Å². The molecular weight excluding hydrogens is 374 g/mol. The summed E-state index contributed by atoms with van der Waals surface area (Å²) < 4.78 is 2.06. The largest absolute Gasteiger partial charge is 0.330 e. The molecule has 0 radical (unpaired) electrons. The molecule has 3 heterocycles. The molecule has 2 amide bonds. The first-order valence-electron chi connectivity index (χ1n) is 9.38. The van der Waals surface area contributed by atoms with E-state index in [-0.39, 0.29) is 17.8 Å². The predicted octanol–water partition coefficient (Wildman–Crippen LogP) is 2.49. The van der Waals surface area contributed by atoms with Crippen molar-refractivity contribution in [3.05, 3.63) is 58.6 Å². The van der Waals surface area contributed by atoms with Gasteiger partial charge in [-0.1, -0.05) is 24.3 Å². The monoisotopic (exact) mass is 391 g/mol. The summed E-state index contributed by atoms with van der Waals surface area (Å²) in [7, 11) is 0. The minimum absolute atomic E-state index is 0.0144. The summed E-state index contributed by atoms with van der Waals surface area (Å²) in [6, 6.07) is 12.8. The Hall–Kier alpha value is -3.75. The number of anilines is 2. The van der Waals surface area contributed by atoms with Gasteiger partial charge in [-0.25, -0.2) is 9.88 Å². The van der Waals surface area contributed by atoms with Crippen molar-refractivity contribution in [1.29, 1.82) is 0 Å². The fourth-order valence-corrected chi connectivity index (χ4v) is 4.22. The Balaban J connectivity index is 1.54. The van der Waals surface area contributed by atoms with Crippen LogP contribution in [0.4, 0.5) is 17.3 Å². The van der Waals surface area contributed by atoms with Crippen LogP contribution in [0.2, 0.25) is 0 Å². The highest BCUT2D eigenvalue weighted by molar-refractivity contribution is 6.24. The lowest BCUT2D eigenvalue weighted by Gasteiger charge is -2.32. The average Bonchev–Trinajstić information content (AvgIpc) is 3.25. The quantitative estimate of drug-likeness (QED) is 0.386. The Kier molecular flexibility index (Phi) is 3.83. The molecule has 0 N–H and O–H groups in total. The number of fused-ring (bicyclic) bond motifs is 3. The maximum Gasteiger partial charge on any atom is 0.293 e. The number of hydrogen-bond acceptors (Lipinski definition) is 6. The van der Waals surface area contributed by atoms with Gasteiger partial charge in [-0.05, 0) is 24.6 Å². The molecule has 2 aliphatic heterocycles. The normalized spacial score (nSPS) is 19.1. The van der Waals surface area contributed by atoms with Crippen molar-refractivity contribution in [3.8, 4) is 0 Å². The molecule has 0 bridgehead atoms. The predicted molar refractivity (Wildman–Crippen MR) is 106 cm³/mol. The van der Waals surface area contributed by atoms with E-state index in [1.807, 2.05) is 29.2 Å². The number of benzene rings is 2. The van der Waals surface area contributed by atoms with Gasteiger partial charge in [0.25, 0.3) is 11.6 Å². The third kappa shape index (κ3) is 2.58. The molecule has 9 heteroatoms. The smallest absolute Gasteiger partial charge is 0.293 e. The zero-order valence-electron chi connectivity index (χ0n) is 15.4. The number of carbonyl (C=O) groups excluding carboxylic acids is 2. The van der Waals surface area contributed by atoms with Crippen LogP contribution in [0.1, 0.15) is 12.8 Å². The third-order valence-corrected chi connectivity index (χ3v) is 5.49. The number of nitrogens with zero attached hydrogens (tertiary/aromatic N) is 5. The van der Waals surface area contributed by atoms with Gasteiger partial charge in [0, 0.05) is 19.2 Å². The molecule has 1 unspecified atom stereocenters. The first kappa shape index (κ1) is 17.4. The van der Waals surface area contributed by atoms with Crippen LogP contribution in [0.15, 0.2) is 48.5 Å². The highest BCUT2D eigenvalue weighted by atomic mass is 16.6. The number of aryl methyl sites for hydroxylation is 1. The summed E-state index contributed by atoms with van der Waals surface area (Å²) in [4.78, 5) is 44.2. The second kappa shape index (κ2) is 6.40. The van der Waals surface area contributed by atoms with Crippen LogP contribution < -0.4 is 9.80 Å². The summed E-state index contributed by atoms with van der Waals surface area (Å²) in [6.45, 7) is 1.38. The summed E-state index contributed by atoms with van der Waals surface area (Å²) in [5.74, 6) is -0.236. The topological polar surface area (TPSA) is 102 Å². The van der Waals surface area contributed by atoms with E-state index in [0.717, 1.165) is 28.9 Å². The van der Waals surface area contributed by atoms with Gasteiger partial charge < -0.3 is 9.47 Å². The third-order valence-electron chi connectivity index (χ3n) is 5.49. The highest BCUT2D eigenvalue weighted by Crippen LogP contribution is 2.36. The lowest BCUT2D eigenvalue weighted by atomic mass is 10.2.